The minimum atomic E-state index is -0.371. The van der Waals surface area contributed by atoms with Gasteiger partial charge in [0.25, 0.3) is 5.91 Å². The highest BCUT2D eigenvalue weighted by Crippen LogP contribution is 2.21. The van der Waals surface area contributed by atoms with Gasteiger partial charge in [0.2, 0.25) is 0 Å². The molecule has 0 unspecified atom stereocenters. The van der Waals surface area contributed by atoms with Crippen LogP contribution in [0, 0.1) is 0 Å². The highest BCUT2D eigenvalue weighted by atomic mass is 35.5. The summed E-state index contributed by atoms with van der Waals surface area (Å²) in [5.74, 6) is 5.38. The van der Waals surface area contributed by atoms with E-state index in [1.165, 1.54) is 6.26 Å². The van der Waals surface area contributed by atoms with Crippen molar-refractivity contribution in [3.63, 3.8) is 0 Å². The fourth-order valence-corrected chi connectivity index (χ4v) is 2.32. The summed E-state index contributed by atoms with van der Waals surface area (Å²) in [7, 11) is 0. The molecule has 6 heteroatoms. The zero-order chi connectivity index (χ0) is 14.1. The molecule has 3 aromatic rings. The quantitative estimate of drug-likeness (QED) is 0.442. The molecule has 1 amide bonds. The fourth-order valence-electron chi connectivity index (χ4n) is 2.14. The van der Waals surface area contributed by atoms with Gasteiger partial charge in [0.1, 0.15) is 12.0 Å². The number of halogens is 1. The first-order valence-electron chi connectivity index (χ1n) is 6.00. The lowest BCUT2D eigenvalue weighted by Crippen LogP contribution is -2.29. The van der Waals surface area contributed by atoms with Crippen LogP contribution in [-0.4, -0.2) is 10.5 Å². The largest absolute Gasteiger partial charge is 0.467 e. The molecular formula is C14H12ClN3O2. The van der Waals surface area contributed by atoms with Crippen molar-refractivity contribution in [3.05, 3.63) is 59.1 Å². The van der Waals surface area contributed by atoms with Gasteiger partial charge in [-0.15, -0.1) is 0 Å². The number of nitrogens with zero attached hydrogens (tertiary/aromatic N) is 1. The Morgan fingerprint density at radius 3 is 3.00 bits per heavy atom. The van der Waals surface area contributed by atoms with Crippen LogP contribution < -0.4 is 11.3 Å². The van der Waals surface area contributed by atoms with Gasteiger partial charge in [-0.25, -0.2) is 5.84 Å². The molecule has 1 aromatic carbocycles. The van der Waals surface area contributed by atoms with Gasteiger partial charge in [0.05, 0.1) is 12.1 Å². The first kappa shape index (κ1) is 12.8. The lowest BCUT2D eigenvalue weighted by molar-refractivity contribution is 0.0953. The van der Waals surface area contributed by atoms with E-state index < -0.39 is 0 Å². The van der Waals surface area contributed by atoms with Crippen LogP contribution in [0.5, 0.6) is 0 Å². The van der Waals surface area contributed by atoms with Crippen molar-refractivity contribution in [3.8, 4) is 0 Å². The lowest BCUT2D eigenvalue weighted by Gasteiger charge is -2.02. The van der Waals surface area contributed by atoms with Gasteiger partial charge in [-0.1, -0.05) is 11.6 Å². The molecule has 2 aromatic heterocycles. The maximum Gasteiger partial charge on any atom is 0.268 e. The molecule has 0 aliphatic heterocycles. The Kier molecular flexibility index (Phi) is 3.22. The molecule has 20 heavy (non-hydrogen) atoms. The molecule has 102 valence electrons. The molecule has 3 rings (SSSR count). The van der Waals surface area contributed by atoms with Crippen molar-refractivity contribution in [2.45, 2.75) is 6.54 Å². The average molecular weight is 290 g/mol. The van der Waals surface area contributed by atoms with Crippen molar-refractivity contribution in [2.75, 3.05) is 0 Å². The van der Waals surface area contributed by atoms with E-state index in [0.29, 0.717) is 22.9 Å². The first-order valence-corrected chi connectivity index (χ1v) is 6.38. The van der Waals surface area contributed by atoms with Crippen molar-refractivity contribution >= 4 is 28.4 Å². The van der Waals surface area contributed by atoms with E-state index in [4.69, 9.17) is 21.9 Å². The number of hydrazine groups is 1. The van der Waals surface area contributed by atoms with Crippen LogP contribution in [0.4, 0.5) is 0 Å². The third kappa shape index (κ3) is 2.29. The van der Waals surface area contributed by atoms with E-state index in [-0.39, 0.29) is 5.91 Å². The second-order valence-electron chi connectivity index (χ2n) is 4.42. The summed E-state index contributed by atoms with van der Waals surface area (Å²) in [6.45, 7) is 0.531. The number of hydrogen-bond acceptors (Lipinski definition) is 3. The molecule has 0 bridgehead atoms. The maximum absolute atomic E-state index is 11.4. The Morgan fingerprint density at radius 2 is 2.20 bits per heavy atom. The summed E-state index contributed by atoms with van der Waals surface area (Å²) in [6.07, 6.45) is 3.34. The molecular weight excluding hydrogens is 278 g/mol. The van der Waals surface area contributed by atoms with Crippen LogP contribution in [0.2, 0.25) is 5.02 Å². The highest BCUT2D eigenvalue weighted by Gasteiger charge is 2.10. The summed E-state index contributed by atoms with van der Waals surface area (Å²) >= 11 is 5.96. The van der Waals surface area contributed by atoms with Crippen LogP contribution in [-0.2, 0) is 6.54 Å². The smallest absolute Gasteiger partial charge is 0.268 e. The molecule has 0 saturated carbocycles. The van der Waals surface area contributed by atoms with E-state index >= 15 is 0 Å². The zero-order valence-electron chi connectivity index (χ0n) is 10.5. The Bertz CT molecular complexity index is 776. The number of carbonyl (C=O) groups excluding carboxylic acids is 1. The number of rotatable bonds is 3. The number of benzene rings is 1. The van der Waals surface area contributed by atoms with Crippen molar-refractivity contribution in [2.24, 2.45) is 5.84 Å². The molecule has 0 aliphatic rings. The number of nitrogen functional groups attached to an aromatic ring is 1. The van der Waals surface area contributed by atoms with Crippen LogP contribution in [0.25, 0.3) is 10.9 Å². The molecule has 3 N–H and O–H groups in total. The van der Waals surface area contributed by atoms with Crippen molar-refractivity contribution < 1.29 is 9.21 Å². The number of furan rings is 1. The first-order chi connectivity index (χ1) is 9.67. The van der Waals surface area contributed by atoms with Crippen molar-refractivity contribution in [1.29, 1.82) is 0 Å². The van der Waals surface area contributed by atoms with Gasteiger partial charge in [-0.2, -0.15) is 0 Å². The standard InChI is InChI=1S/C14H12ClN3O2/c15-11-1-2-13-9(5-11)3-4-18(13)7-12-6-10(8-20-12)14(19)17-16/h1-6,8H,7,16H2,(H,17,19). The van der Waals surface area contributed by atoms with E-state index in [1.807, 2.05) is 35.0 Å². The predicted octanol–water partition coefficient (Wildman–Crippen LogP) is 2.54. The minimum absolute atomic E-state index is 0.371. The van der Waals surface area contributed by atoms with Crippen LogP contribution in [0.1, 0.15) is 16.1 Å². The number of nitrogens with two attached hydrogens (primary N) is 1. The average Bonchev–Trinajstić information content (AvgIpc) is 3.06. The Labute approximate surface area is 119 Å². The van der Waals surface area contributed by atoms with E-state index in [0.717, 1.165) is 10.9 Å². The summed E-state index contributed by atoms with van der Waals surface area (Å²) in [4.78, 5) is 11.4. The topological polar surface area (TPSA) is 73.2 Å². The lowest BCUT2D eigenvalue weighted by atomic mass is 10.2. The van der Waals surface area contributed by atoms with Crippen LogP contribution in [0.15, 0.2) is 47.2 Å². The van der Waals surface area contributed by atoms with Crippen molar-refractivity contribution in [1.82, 2.24) is 9.99 Å². The Morgan fingerprint density at radius 1 is 1.35 bits per heavy atom. The molecule has 5 nitrogen and oxygen atoms in total. The summed E-state index contributed by atoms with van der Waals surface area (Å²) in [5.41, 5.74) is 3.53. The Hall–Kier alpha value is -2.24. The van der Waals surface area contributed by atoms with Gasteiger partial charge in [0.15, 0.2) is 0 Å². The number of hydrogen-bond donors (Lipinski definition) is 2. The van der Waals surface area contributed by atoms with E-state index in [9.17, 15) is 4.79 Å². The SMILES string of the molecule is NNC(=O)c1coc(Cn2ccc3cc(Cl)ccc32)c1. The molecule has 2 heterocycles. The maximum atomic E-state index is 11.4. The summed E-state index contributed by atoms with van der Waals surface area (Å²) in [6, 6.07) is 9.36. The number of fused-ring (bicyclic) bond motifs is 1. The molecule has 0 radical (unpaired) electrons. The zero-order valence-corrected chi connectivity index (χ0v) is 11.2. The third-order valence-electron chi connectivity index (χ3n) is 3.11. The monoisotopic (exact) mass is 289 g/mol. The highest BCUT2D eigenvalue weighted by molar-refractivity contribution is 6.31. The molecule has 0 atom stereocenters. The van der Waals surface area contributed by atoms with Crippen LogP contribution in [0.3, 0.4) is 0 Å². The number of aromatic nitrogens is 1. The van der Waals surface area contributed by atoms with Crippen LogP contribution >= 0.6 is 11.6 Å². The van der Waals surface area contributed by atoms with Gasteiger partial charge >= 0.3 is 0 Å². The third-order valence-corrected chi connectivity index (χ3v) is 3.34. The van der Waals surface area contributed by atoms with Gasteiger partial charge in [-0.05, 0) is 30.3 Å². The summed E-state index contributed by atoms with van der Waals surface area (Å²) < 4.78 is 7.39. The molecule has 0 spiro atoms. The normalized spacial score (nSPS) is 10.9. The Balaban J connectivity index is 1.89. The molecule has 0 fully saturated rings. The molecule has 0 saturated heterocycles. The number of amides is 1. The van der Waals surface area contributed by atoms with E-state index in [1.54, 1.807) is 6.07 Å². The fraction of sp³-hybridized carbons (Fsp3) is 0.0714. The number of carbonyl (C=O) groups is 1. The van der Waals surface area contributed by atoms with Gasteiger partial charge in [-0.3, -0.25) is 10.2 Å². The van der Waals surface area contributed by atoms with Gasteiger partial charge < -0.3 is 8.98 Å². The number of nitrogens with one attached hydrogen (secondary N) is 1. The second kappa shape index (κ2) is 5.03. The summed E-state index contributed by atoms with van der Waals surface area (Å²) in [5, 5.41) is 1.76. The predicted molar refractivity (Wildman–Crippen MR) is 76.4 cm³/mol. The second-order valence-corrected chi connectivity index (χ2v) is 4.86. The van der Waals surface area contributed by atoms with Gasteiger partial charge in [0, 0.05) is 22.1 Å². The molecule has 0 aliphatic carbocycles. The minimum Gasteiger partial charge on any atom is -0.467 e. The van der Waals surface area contributed by atoms with E-state index in [2.05, 4.69) is 5.43 Å².